The van der Waals surface area contributed by atoms with Crippen LogP contribution in [0, 0.1) is 5.92 Å². The summed E-state index contributed by atoms with van der Waals surface area (Å²) in [5.74, 6) is 0.673. The molecule has 6 nitrogen and oxygen atoms in total. The lowest BCUT2D eigenvalue weighted by Gasteiger charge is -2.35. The first-order valence-electron chi connectivity index (χ1n) is 10.0. The zero-order valence-corrected chi connectivity index (χ0v) is 15.9. The van der Waals surface area contributed by atoms with Gasteiger partial charge in [0, 0.05) is 51.1 Å². The number of piperazine rings is 1. The molecule has 146 valence electrons. The lowest BCUT2D eigenvalue weighted by molar-refractivity contribution is -0.140. The summed E-state index contributed by atoms with van der Waals surface area (Å²) < 4.78 is 0. The van der Waals surface area contributed by atoms with Gasteiger partial charge in [-0.15, -0.1) is 0 Å². The molecule has 1 saturated heterocycles. The molecular weight excluding hydrogens is 342 g/mol. The van der Waals surface area contributed by atoms with Crippen LogP contribution in [0.15, 0.2) is 30.3 Å². The number of benzene rings is 1. The fraction of sp³-hybridized carbons (Fsp3) is 0.571. The first-order valence-corrected chi connectivity index (χ1v) is 10.0. The number of rotatable bonds is 6. The Hall–Kier alpha value is -2.37. The van der Waals surface area contributed by atoms with Crippen LogP contribution in [0.1, 0.15) is 48.9 Å². The second-order valence-corrected chi connectivity index (χ2v) is 7.49. The molecule has 2 fully saturated rings. The molecule has 1 aliphatic carbocycles. The van der Waals surface area contributed by atoms with E-state index in [0.717, 1.165) is 0 Å². The van der Waals surface area contributed by atoms with Gasteiger partial charge in [-0.25, -0.2) is 0 Å². The highest BCUT2D eigenvalue weighted by Crippen LogP contribution is 2.28. The van der Waals surface area contributed by atoms with Crippen molar-refractivity contribution in [2.45, 2.75) is 38.5 Å². The van der Waals surface area contributed by atoms with E-state index in [-0.39, 0.29) is 24.1 Å². The molecule has 3 amide bonds. The molecule has 0 bridgehead atoms. The van der Waals surface area contributed by atoms with Gasteiger partial charge in [0.2, 0.25) is 11.8 Å². The van der Waals surface area contributed by atoms with Gasteiger partial charge in [-0.2, -0.15) is 0 Å². The highest BCUT2D eigenvalue weighted by atomic mass is 16.2. The Bertz CT molecular complexity index is 648. The molecular formula is C21H29N3O3. The summed E-state index contributed by atoms with van der Waals surface area (Å²) in [6, 6.07) is 8.98. The van der Waals surface area contributed by atoms with Gasteiger partial charge in [0.25, 0.3) is 5.91 Å². The lowest BCUT2D eigenvalue weighted by Crippen LogP contribution is -2.51. The normalized spacial score (nSPS) is 17.8. The summed E-state index contributed by atoms with van der Waals surface area (Å²) in [6.07, 6.45) is 5.81. The zero-order valence-electron chi connectivity index (χ0n) is 15.9. The van der Waals surface area contributed by atoms with Crippen molar-refractivity contribution < 1.29 is 14.4 Å². The lowest BCUT2D eigenvalue weighted by atomic mass is 10.0. The van der Waals surface area contributed by atoms with Gasteiger partial charge in [-0.05, 0) is 30.9 Å². The van der Waals surface area contributed by atoms with E-state index in [2.05, 4.69) is 5.32 Å². The van der Waals surface area contributed by atoms with Gasteiger partial charge in [0.1, 0.15) is 0 Å². The fourth-order valence-electron chi connectivity index (χ4n) is 3.93. The standard InChI is InChI=1S/C21H29N3O3/c25-19(10-11-22-21(27)18-8-2-1-3-9-18)23-12-14-24(15-13-23)20(26)16-17-6-4-5-7-17/h1-3,8-9,17H,4-7,10-16H2,(H,22,27). The fourth-order valence-corrected chi connectivity index (χ4v) is 3.93. The average Bonchev–Trinajstić information content (AvgIpc) is 3.21. The predicted octanol–water partition coefficient (Wildman–Crippen LogP) is 2.06. The van der Waals surface area contributed by atoms with E-state index in [1.54, 1.807) is 17.0 Å². The van der Waals surface area contributed by atoms with E-state index in [0.29, 0.717) is 50.6 Å². The molecule has 1 N–H and O–H groups in total. The molecule has 0 atom stereocenters. The first kappa shape index (κ1) is 19.4. The zero-order chi connectivity index (χ0) is 19.1. The van der Waals surface area contributed by atoms with Crippen molar-refractivity contribution in [3.63, 3.8) is 0 Å². The molecule has 1 saturated carbocycles. The van der Waals surface area contributed by atoms with Crippen LogP contribution in [0.25, 0.3) is 0 Å². The Morgan fingerprint density at radius 1 is 0.889 bits per heavy atom. The molecule has 0 unspecified atom stereocenters. The number of hydrogen-bond donors (Lipinski definition) is 1. The second kappa shape index (κ2) is 9.53. The molecule has 6 heteroatoms. The van der Waals surface area contributed by atoms with E-state index in [1.807, 2.05) is 23.1 Å². The van der Waals surface area contributed by atoms with Gasteiger partial charge in [0.15, 0.2) is 0 Å². The minimum atomic E-state index is -0.161. The molecule has 0 radical (unpaired) electrons. The van der Waals surface area contributed by atoms with Crippen molar-refractivity contribution in [2.24, 2.45) is 5.92 Å². The Balaban J connectivity index is 1.34. The van der Waals surface area contributed by atoms with Gasteiger partial charge in [-0.3, -0.25) is 14.4 Å². The summed E-state index contributed by atoms with van der Waals surface area (Å²) >= 11 is 0. The number of hydrogen-bond acceptors (Lipinski definition) is 3. The third kappa shape index (κ3) is 5.55. The van der Waals surface area contributed by atoms with E-state index in [1.165, 1.54) is 25.7 Å². The number of nitrogens with zero attached hydrogens (tertiary/aromatic N) is 2. The number of nitrogens with one attached hydrogen (secondary N) is 1. The minimum Gasteiger partial charge on any atom is -0.352 e. The Labute approximate surface area is 160 Å². The van der Waals surface area contributed by atoms with Crippen LogP contribution in [0.3, 0.4) is 0 Å². The Kier molecular flexibility index (Phi) is 6.85. The van der Waals surface area contributed by atoms with E-state index in [9.17, 15) is 14.4 Å². The summed E-state index contributed by atoms with van der Waals surface area (Å²) in [4.78, 5) is 40.4. The van der Waals surface area contributed by atoms with Crippen molar-refractivity contribution in [1.82, 2.24) is 15.1 Å². The Morgan fingerprint density at radius 3 is 2.11 bits per heavy atom. The summed E-state index contributed by atoms with van der Waals surface area (Å²) in [5, 5.41) is 2.79. The number of amides is 3. The van der Waals surface area contributed by atoms with Gasteiger partial charge in [-0.1, -0.05) is 31.0 Å². The van der Waals surface area contributed by atoms with Crippen LogP contribution in [-0.2, 0) is 9.59 Å². The molecule has 1 heterocycles. The maximum absolute atomic E-state index is 12.4. The molecule has 0 spiro atoms. The van der Waals surface area contributed by atoms with Crippen LogP contribution in [-0.4, -0.2) is 60.2 Å². The van der Waals surface area contributed by atoms with Gasteiger partial charge in [0.05, 0.1) is 0 Å². The van der Waals surface area contributed by atoms with Crippen LogP contribution < -0.4 is 5.32 Å². The van der Waals surface area contributed by atoms with Crippen molar-refractivity contribution in [3.05, 3.63) is 35.9 Å². The molecule has 2 aliphatic rings. The SMILES string of the molecule is O=C(NCCC(=O)N1CCN(C(=O)CC2CCCC2)CC1)c1ccccc1. The van der Waals surface area contributed by atoms with Crippen molar-refractivity contribution >= 4 is 17.7 Å². The molecule has 1 aliphatic heterocycles. The molecule has 1 aromatic carbocycles. The first-order chi connectivity index (χ1) is 13.1. The smallest absolute Gasteiger partial charge is 0.251 e. The predicted molar refractivity (Wildman–Crippen MR) is 103 cm³/mol. The molecule has 3 rings (SSSR count). The largest absolute Gasteiger partial charge is 0.352 e. The van der Waals surface area contributed by atoms with Crippen molar-refractivity contribution in [3.8, 4) is 0 Å². The topological polar surface area (TPSA) is 69.7 Å². The summed E-state index contributed by atoms with van der Waals surface area (Å²) in [7, 11) is 0. The Morgan fingerprint density at radius 2 is 1.48 bits per heavy atom. The minimum absolute atomic E-state index is 0.0336. The van der Waals surface area contributed by atoms with Gasteiger partial charge < -0.3 is 15.1 Å². The highest BCUT2D eigenvalue weighted by molar-refractivity contribution is 5.94. The van der Waals surface area contributed by atoms with Crippen LogP contribution in [0.5, 0.6) is 0 Å². The van der Waals surface area contributed by atoms with Crippen LogP contribution in [0.4, 0.5) is 0 Å². The number of carbonyl (C=O) groups is 3. The average molecular weight is 371 g/mol. The maximum Gasteiger partial charge on any atom is 0.251 e. The monoisotopic (exact) mass is 371 g/mol. The number of carbonyl (C=O) groups excluding carboxylic acids is 3. The van der Waals surface area contributed by atoms with E-state index >= 15 is 0 Å². The van der Waals surface area contributed by atoms with Crippen molar-refractivity contribution in [2.75, 3.05) is 32.7 Å². The molecule has 0 aromatic heterocycles. The molecule has 27 heavy (non-hydrogen) atoms. The van der Waals surface area contributed by atoms with E-state index < -0.39 is 0 Å². The van der Waals surface area contributed by atoms with Gasteiger partial charge >= 0.3 is 0 Å². The third-order valence-corrected chi connectivity index (χ3v) is 5.58. The second-order valence-electron chi connectivity index (χ2n) is 7.49. The summed E-state index contributed by atoms with van der Waals surface area (Å²) in [6.45, 7) is 2.73. The van der Waals surface area contributed by atoms with Crippen molar-refractivity contribution in [1.29, 1.82) is 0 Å². The van der Waals surface area contributed by atoms with E-state index in [4.69, 9.17) is 0 Å². The summed E-state index contributed by atoms with van der Waals surface area (Å²) in [5.41, 5.74) is 0.597. The highest BCUT2D eigenvalue weighted by Gasteiger charge is 2.26. The van der Waals surface area contributed by atoms with Crippen LogP contribution >= 0.6 is 0 Å². The quantitative estimate of drug-likeness (QED) is 0.832. The molecule has 1 aromatic rings. The van der Waals surface area contributed by atoms with Crippen LogP contribution in [0.2, 0.25) is 0 Å². The third-order valence-electron chi connectivity index (χ3n) is 5.58. The maximum atomic E-state index is 12.4.